The molecule has 33 nitrogen and oxygen atoms in total. The summed E-state index contributed by atoms with van der Waals surface area (Å²) in [5, 5.41) is 24.2. The van der Waals surface area contributed by atoms with Crippen LogP contribution in [-0.2, 0) is 66.7 Å². The molecule has 13 rings (SSSR count). The molecule has 3 aromatic heterocycles. The molecule has 4 aliphatic carbocycles. The van der Waals surface area contributed by atoms with E-state index in [0.717, 1.165) is 140 Å². The summed E-state index contributed by atoms with van der Waals surface area (Å²) < 4.78 is 40.2. The predicted octanol–water partition coefficient (Wildman–Crippen LogP) is 12.1. The van der Waals surface area contributed by atoms with Gasteiger partial charge >= 0.3 is 48.1 Å². The molecule has 3 amide bonds. The number of piperidine rings is 6. The van der Waals surface area contributed by atoms with E-state index in [2.05, 4.69) is 34.8 Å². The molecule has 0 aromatic carbocycles. The van der Waals surface area contributed by atoms with Crippen molar-refractivity contribution in [1.29, 1.82) is 0 Å². The molecule has 4 saturated carbocycles. The number of nitrogen functional groups attached to an aromatic ring is 1. The van der Waals surface area contributed by atoms with Crippen LogP contribution in [0.4, 0.5) is 43.1 Å². The maximum Gasteiger partial charge on any atom is 0.410 e. The minimum Gasteiger partial charge on any atom is -0.469 e. The first kappa shape index (κ1) is 92.6. The number of ether oxygens (including phenoxy) is 8. The number of hydrogen-bond donors (Lipinski definition) is 2. The minimum absolute atomic E-state index is 0.00166. The Hall–Kier alpha value is -9.53. The first-order valence-corrected chi connectivity index (χ1v) is 40.0. The highest BCUT2D eigenvalue weighted by molar-refractivity contribution is 6.29. The zero-order chi connectivity index (χ0) is 84.9. The number of carbonyl (C=O) groups is 9. The average Bonchev–Trinajstić information content (AvgIpc) is 1.61. The van der Waals surface area contributed by atoms with Gasteiger partial charge in [0.25, 0.3) is 11.4 Å². The summed E-state index contributed by atoms with van der Waals surface area (Å²) in [5.74, 6) is 1.88. The van der Waals surface area contributed by atoms with Crippen molar-refractivity contribution in [3.8, 4) is 0 Å². The number of nitro groups is 2. The largest absolute Gasteiger partial charge is 0.469 e. The molecular weight excluding hydrogens is 1510 g/mol. The van der Waals surface area contributed by atoms with E-state index >= 15 is 0 Å². The van der Waals surface area contributed by atoms with E-state index in [1.807, 2.05) is 88.3 Å². The number of pyridine rings is 3. The highest BCUT2D eigenvalue weighted by Gasteiger charge is 2.62. The summed E-state index contributed by atoms with van der Waals surface area (Å²) in [6.07, 6.45) is 18.9. The molecule has 636 valence electrons. The third-order valence-corrected chi connectivity index (χ3v) is 22.5. The van der Waals surface area contributed by atoms with Crippen molar-refractivity contribution in [3.63, 3.8) is 0 Å². The Morgan fingerprint density at radius 1 is 0.496 bits per heavy atom. The van der Waals surface area contributed by atoms with Crippen LogP contribution in [0.2, 0.25) is 5.15 Å². The van der Waals surface area contributed by atoms with Gasteiger partial charge in [-0.3, -0.25) is 44.2 Å². The Bertz CT molecular complexity index is 3830. The quantitative estimate of drug-likeness (QED) is 0.0449. The molecule has 6 saturated heterocycles. The lowest BCUT2D eigenvalue weighted by Crippen LogP contribution is -2.42. The summed E-state index contributed by atoms with van der Waals surface area (Å²) in [6.45, 7) is 30.4. The lowest BCUT2D eigenvalue weighted by atomic mass is 9.91. The van der Waals surface area contributed by atoms with Crippen molar-refractivity contribution in [2.75, 3.05) is 129 Å². The second-order valence-corrected chi connectivity index (χ2v) is 34.1. The van der Waals surface area contributed by atoms with Gasteiger partial charge < -0.3 is 73.4 Å². The Kier molecular flexibility index (Phi) is 32.9. The number of rotatable bonds is 11. The molecule has 6 aliphatic heterocycles. The van der Waals surface area contributed by atoms with E-state index < -0.39 is 26.6 Å². The number of aromatic nitrogens is 3. The third-order valence-electron chi connectivity index (χ3n) is 22.2. The number of ketones is 1. The standard InChI is InChI=1S/C15H19N3O4.C15H21N3O2.C14H23NO4.C13H21NO4.C10H17NO3.C9H15NO2.C5H3ClN2O2/c1-2-22-14(19)12-9-15(12)5-7-17(8-6-15)13-4-3-11(10-16-13)18(20)21;1-2-20-14(19)12-9-15(12)5-7-18(8-6-15)13-4-3-11(16)10-17-13;1-13(2,3)19-12(17)15-7-5-14(6-8-15)9-10(14)11(16)18-4;1-13(2,3)18-12(16)14-7-5-10(6-8-14)9-11(15)17-4;1-10(2,3)14-9(13)11-6-4-8(12)5-7-11;1-12-8(11)7-6-9(7)2-4-10-5-3-9;6-5-2-1-4(3-7-5)8(9)10/h3-4,10,12H,2,5-9H2,1H3;3-4,10,12H,2,5-9,16H2,1H3;10H,5-9H2,1-4H3;9H,5-8H2,1-4H3;4-7H2,1-3H3;7,10H,2-6H2,1H3;1-3H. The highest BCUT2D eigenvalue weighted by atomic mass is 35.5. The molecular formula is C81H119ClN12O21. The maximum absolute atomic E-state index is 11.9. The van der Waals surface area contributed by atoms with E-state index in [1.54, 1.807) is 27.0 Å². The van der Waals surface area contributed by atoms with Crippen molar-refractivity contribution in [2.45, 2.75) is 196 Å². The fourth-order valence-corrected chi connectivity index (χ4v) is 15.2. The lowest BCUT2D eigenvalue weighted by Gasteiger charge is -2.34. The van der Waals surface area contributed by atoms with Gasteiger partial charge in [0.05, 0.1) is 79.9 Å². The van der Waals surface area contributed by atoms with Gasteiger partial charge in [0.2, 0.25) is 0 Å². The Balaban J connectivity index is 0.000000188. The van der Waals surface area contributed by atoms with Crippen LogP contribution < -0.4 is 20.9 Å². The van der Waals surface area contributed by atoms with Crippen LogP contribution in [0, 0.1) is 65.6 Å². The SMILES string of the molecule is CC(C)(C)OC(=O)N1CCC(=O)CC1.CCOC(=O)C1CC12CCN(c1ccc(N)cn1)CC2.CCOC(=O)C1CC12CCN(c1ccc([N+](=O)[O-])cn1)CC2.COC(=O)C1CC12CCN(C(=O)OC(C)(C)C)CC2.COC(=O)C1CC12CCNCC2.COC(=O)C=C1CCN(C(=O)OC(C)(C)C)CC1.O=[N+]([O-])c1ccc(Cl)nc1. The number of hydrogen-bond acceptors (Lipinski definition) is 28. The van der Waals surface area contributed by atoms with E-state index in [9.17, 15) is 63.4 Å². The topological polar surface area (TPSA) is 407 Å². The zero-order valence-electron chi connectivity index (χ0n) is 69.3. The zero-order valence-corrected chi connectivity index (χ0v) is 70.1. The Morgan fingerprint density at radius 3 is 1.17 bits per heavy atom. The van der Waals surface area contributed by atoms with Crippen molar-refractivity contribution in [1.82, 2.24) is 35.0 Å². The van der Waals surface area contributed by atoms with E-state index in [4.69, 9.17) is 50.5 Å². The summed E-state index contributed by atoms with van der Waals surface area (Å²) in [7, 11) is 4.27. The number of nitrogens with one attached hydrogen (secondary N) is 1. The van der Waals surface area contributed by atoms with E-state index in [-0.39, 0.29) is 110 Å². The van der Waals surface area contributed by atoms with Gasteiger partial charge in [-0.2, -0.15) is 0 Å². The first-order valence-electron chi connectivity index (χ1n) is 39.7. The Morgan fingerprint density at radius 2 is 0.843 bits per heavy atom. The molecule has 34 heteroatoms. The maximum atomic E-state index is 11.9. The van der Waals surface area contributed by atoms with Gasteiger partial charge in [0, 0.05) is 96.5 Å². The van der Waals surface area contributed by atoms with Gasteiger partial charge in [-0.05, 0) is 225 Å². The van der Waals surface area contributed by atoms with Gasteiger partial charge in [-0.15, -0.1) is 0 Å². The number of nitrogens with two attached hydrogens (primary N) is 1. The number of Topliss-reactive ketones (excluding diaryl/α,β-unsaturated/α-hetero) is 1. The molecule has 10 fully saturated rings. The van der Waals surface area contributed by atoms with Crippen molar-refractivity contribution >= 4 is 94.2 Å². The van der Waals surface area contributed by atoms with Crippen molar-refractivity contribution < 1.29 is 90.9 Å². The van der Waals surface area contributed by atoms with E-state index in [1.165, 1.54) is 51.8 Å². The van der Waals surface area contributed by atoms with Crippen LogP contribution in [0.3, 0.4) is 0 Å². The molecule has 10 aliphatic rings. The molecule has 0 radical (unpaired) electrons. The number of esters is 5. The molecule has 9 heterocycles. The number of amides is 3. The van der Waals surface area contributed by atoms with Crippen LogP contribution in [-0.4, -0.2) is 223 Å². The number of methoxy groups -OCH3 is 3. The van der Waals surface area contributed by atoms with Crippen LogP contribution in [0.1, 0.15) is 179 Å². The monoisotopic (exact) mass is 1630 g/mol. The molecule has 4 atom stereocenters. The minimum atomic E-state index is -0.524. The van der Waals surface area contributed by atoms with Crippen LogP contribution in [0.25, 0.3) is 0 Å². The number of anilines is 3. The molecule has 3 N–H and O–H groups in total. The van der Waals surface area contributed by atoms with E-state index in [0.29, 0.717) is 89.3 Å². The number of halogens is 1. The molecule has 0 bridgehead atoms. The summed E-state index contributed by atoms with van der Waals surface area (Å²) in [5.41, 5.74) is 6.66. The van der Waals surface area contributed by atoms with Gasteiger partial charge in [-0.25, -0.2) is 34.1 Å². The fourth-order valence-electron chi connectivity index (χ4n) is 15.1. The second-order valence-electron chi connectivity index (χ2n) is 33.7. The fraction of sp³-hybridized carbons (Fsp3) is 0.679. The van der Waals surface area contributed by atoms with Crippen LogP contribution in [0.15, 0.2) is 66.6 Å². The molecule has 4 spiro atoms. The van der Waals surface area contributed by atoms with Crippen LogP contribution in [0.5, 0.6) is 0 Å². The highest BCUT2D eigenvalue weighted by Crippen LogP contribution is 2.62. The summed E-state index contributed by atoms with van der Waals surface area (Å²) in [6, 6.07) is 9.68. The lowest BCUT2D eigenvalue weighted by molar-refractivity contribution is -0.385. The molecule has 4 unspecified atom stereocenters. The first-order chi connectivity index (χ1) is 54.2. The Labute approximate surface area is 678 Å². The second kappa shape index (κ2) is 40.8. The summed E-state index contributed by atoms with van der Waals surface area (Å²) >= 11 is 5.38. The van der Waals surface area contributed by atoms with Crippen LogP contribution >= 0.6 is 11.6 Å². The van der Waals surface area contributed by atoms with Gasteiger partial charge in [-0.1, -0.05) is 17.2 Å². The number of carbonyl (C=O) groups excluding carboxylic acids is 9. The van der Waals surface area contributed by atoms with Crippen molar-refractivity contribution in [2.24, 2.45) is 45.3 Å². The van der Waals surface area contributed by atoms with Gasteiger partial charge in [0.1, 0.15) is 51.8 Å². The number of nitrogens with zero attached hydrogens (tertiary/aromatic N) is 10. The normalized spacial score (nSPS) is 21.4. The molecule has 115 heavy (non-hydrogen) atoms. The van der Waals surface area contributed by atoms with Gasteiger partial charge in [0.15, 0.2) is 0 Å². The van der Waals surface area contributed by atoms with Crippen molar-refractivity contribution in [3.05, 3.63) is 92.0 Å². The average molecular weight is 1630 g/mol. The summed E-state index contributed by atoms with van der Waals surface area (Å²) in [4.78, 5) is 145. The smallest absolute Gasteiger partial charge is 0.410 e. The third kappa shape index (κ3) is 28.1. The molecule has 3 aromatic rings. The predicted molar refractivity (Wildman–Crippen MR) is 426 cm³/mol. The number of likely N-dealkylation sites (tertiary alicyclic amines) is 3.